The van der Waals surface area contributed by atoms with Gasteiger partial charge in [0.05, 0.1) is 12.2 Å². The monoisotopic (exact) mass is 495 g/mol. The Hall–Kier alpha value is -4.32. The predicted molar refractivity (Wildman–Crippen MR) is 148 cm³/mol. The van der Waals surface area contributed by atoms with Gasteiger partial charge in [0.15, 0.2) is 5.76 Å². The molecule has 0 saturated carbocycles. The third-order valence-electron chi connectivity index (χ3n) is 6.36. The Balaban J connectivity index is 1.67. The van der Waals surface area contributed by atoms with Gasteiger partial charge in [-0.3, -0.25) is 9.59 Å². The van der Waals surface area contributed by atoms with Crippen LogP contribution in [0.2, 0.25) is 0 Å². The smallest absolute Gasteiger partial charge is 0.291 e. The molecule has 1 heterocycles. The fraction of sp³-hybridized carbons (Fsp3) is 0.226. The number of anilines is 2. The maximum absolute atomic E-state index is 14.0. The van der Waals surface area contributed by atoms with E-state index < -0.39 is 0 Å². The Morgan fingerprint density at radius 2 is 1.57 bits per heavy atom. The van der Waals surface area contributed by atoms with Crippen molar-refractivity contribution in [2.45, 2.75) is 32.4 Å². The maximum Gasteiger partial charge on any atom is 0.291 e. The van der Waals surface area contributed by atoms with Gasteiger partial charge in [0, 0.05) is 38.6 Å². The van der Waals surface area contributed by atoms with Crippen LogP contribution in [-0.4, -0.2) is 30.8 Å². The summed E-state index contributed by atoms with van der Waals surface area (Å²) in [7, 11) is 3.95. The van der Waals surface area contributed by atoms with Gasteiger partial charge in [-0.15, -0.1) is 0 Å². The van der Waals surface area contributed by atoms with Gasteiger partial charge in [0.25, 0.3) is 5.91 Å². The topological polar surface area (TPSA) is 65.8 Å². The number of hydrogen-bond donors (Lipinski definition) is 1. The molecule has 3 aromatic carbocycles. The van der Waals surface area contributed by atoms with Crippen LogP contribution in [0.4, 0.5) is 11.4 Å². The number of nitrogens with zero attached hydrogens (tertiary/aromatic N) is 2. The lowest BCUT2D eigenvalue weighted by molar-refractivity contribution is -0.134. The molecule has 1 N–H and O–H groups in total. The Labute approximate surface area is 218 Å². The van der Waals surface area contributed by atoms with E-state index in [0.717, 1.165) is 22.4 Å². The lowest BCUT2D eigenvalue weighted by Gasteiger charge is -2.29. The number of furan rings is 1. The van der Waals surface area contributed by atoms with Crippen LogP contribution >= 0.6 is 0 Å². The molecule has 0 spiro atoms. The minimum atomic E-state index is -0.319. The first-order valence-corrected chi connectivity index (χ1v) is 12.5. The van der Waals surface area contributed by atoms with Gasteiger partial charge in [-0.2, -0.15) is 0 Å². The van der Waals surface area contributed by atoms with E-state index >= 15 is 0 Å². The van der Waals surface area contributed by atoms with Crippen molar-refractivity contribution in [2.24, 2.45) is 0 Å². The normalized spacial score (nSPS) is 11.5. The molecule has 2 amide bonds. The zero-order valence-corrected chi connectivity index (χ0v) is 21.6. The minimum Gasteiger partial charge on any atom is -0.459 e. The first kappa shape index (κ1) is 25.8. The average molecular weight is 496 g/mol. The van der Waals surface area contributed by atoms with Crippen molar-refractivity contribution < 1.29 is 14.0 Å². The maximum atomic E-state index is 14.0. The van der Waals surface area contributed by atoms with Crippen LogP contribution in [0.25, 0.3) is 0 Å². The summed E-state index contributed by atoms with van der Waals surface area (Å²) in [5, 5.41) is 2.91. The molecule has 6 nitrogen and oxygen atoms in total. The van der Waals surface area contributed by atoms with Crippen molar-refractivity contribution in [3.8, 4) is 0 Å². The second-order valence-corrected chi connectivity index (χ2v) is 9.22. The van der Waals surface area contributed by atoms with E-state index in [1.165, 1.54) is 6.26 Å². The average Bonchev–Trinajstić information content (AvgIpc) is 3.45. The van der Waals surface area contributed by atoms with E-state index in [2.05, 4.69) is 5.32 Å². The summed E-state index contributed by atoms with van der Waals surface area (Å²) >= 11 is 0. The highest BCUT2D eigenvalue weighted by atomic mass is 16.3. The van der Waals surface area contributed by atoms with Gasteiger partial charge >= 0.3 is 0 Å². The van der Waals surface area contributed by atoms with Gasteiger partial charge < -0.3 is 19.5 Å². The molecule has 1 unspecified atom stereocenters. The van der Waals surface area contributed by atoms with Crippen LogP contribution in [0.1, 0.15) is 46.5 Å². The summed E-state index contributed by atoms with van der Waals surface area (Å²) < 4.78 is 5.23. The van der Waals surface area contributed by atoms with E-state index in [-0.39, 0.29) is 23.5 Å². The Kier molecular flexibility index (Phi) is 8.41. The summed E-state index contributed by atoms with van der Waals surface area (Å²) in [4.78, 5) is 30.5. The molecular weight excluding hydrogens is 462 g/mol. The molecule has 6 heteroatoms. The molecule has 4 rings (SSSR count). The summed E-state index contributed by atoms with van der Waals surface area (Å²) in [5.41, 5.74) is 4.64. The number of rotatable bonds is 10. The quantitative estimate of drug-likeness (QED) is 0.280. The lowest BCUT2D eigenvalue weighted by atomic mass is 9.94. The Morgan fingerprint density at radius 1 is 0.865 bits per heavy atom. The number of carbonyl (C=O) groups excluding carboxylic acids is 2. The van der Waals surface area contributed by atoms with E-state index in [1.807, 2.05) is 110 Å². The van der Waals surface area contributed by atoms with Crippen LogP contribution in [0.3, 0.4) is 0 Å². The van der Waals surface area contributed by atoms with Crippen molar-refractivity contribution in [1.29, 1.82) is 0 Å². The van der Waals surface area contributed by atoms with Gasteiger partial charge in [0.2, 0.25) is 5.91 Å². The fourth-order valence-electron chi connectivity index (χ4n) is 4.51. The van der Waals surface area contributed by atoms with Crippen LogP contribution in [-0.2, 0) is 17.9 Å². The molecule has 0 bridgehead atoms. The third kappa shape index (κ3) is 6.47. The van der Waals surface area contributed by atoms with Crippen LogP contribution in [0.5, 0.6) is 0 Å². The molecule has 0 aliphatic heterocycles. The van der Waals surface area contributed by atoms with E-state index in [1.54, 1.807) is 12.1 Å². The molecule has 0 saturated heterocycles. The standard InChI is InChI=1S/C31H33N3O3/c1-4-27(24-14-9-6-10-15-24)31(36)34(21-23-12-7-5-8-13-23)22-25-20-26(17-18-28(25)33(2)3)32-30(35)29-16-11-19-37-29/h5-20,27H,4,21-22H2,1-3H3,(H,32,35). The molecule has 0 aliphatic rings. The number of hydrogen-bond acceptors (Lipinski definition) is 4. The van der Waals surface area contributed by atoms with Gasteiger partial charge in [0.1, 0.15) is 0 Å². The number of nitrogens with one attached hydrogen (secondary N) is 1. The molecular formula is C31H33N3O3. The second kappa shape index (κ2) is 12.1. The Morgan fingerprint density at radius 3 is 2.19 bits per heavy atom. The van der Waals surface area contributed by atoms with Crippen molar-refractivity contribution in [3.63, 3.8) is 0 Å². The Bertz CT molecular complexity index is 1300. The second-order valence-electron chi connectivity index (χ2n) is 9.22. The lowest BCUT2D eigenvalue weighted by Crippen LogP contribution is -2.34. The van der Waals surface area contributed by atoms with Crippen LogP contribution in [0, 0.1) is 0 Å². The third-order valence-corrected chi connectivity index (χ3v) is 6.36. The van der Waals surface area contributed by atoms with E-state index in [9.17, 15) is 9.59 Å². The molecule has 0 aliphatic carbocycles. The van der Waals surface area contributed by atoms with E-state index in [4.69, 9.17) is 4.42 Å². The predicted octanol–water partition coefficient (Wildman–Crippen LogP) is 6.32. The van der Waals surface area contributed by atoms with E-state index in [0.29, 0.717) is 25.2 Å². The summed E-state index contributed by atoms with van der Waals surface area (Å²) in [5.74, 6) is -0.240. The van der Waals surface area contributed by atoms with Gasteiger partial charge in [-0.1, -0.05) is 67.6 Å². The summed E-state index contributed by atoms with van der Waals surface area (Å²) in [6.45, 7) is 2.93. The zero-order valence-electron chi connectivity index (χ0n) is 21.6. The first-order chi connectivity index (χ1) is 18.0. The fourth-order valence-corrected chi connectivity index (χ4v) is 4.51. The highest BCUT2D eigenvalue weighted by molar-refractivity contribution is 6.02. The SMILES string of the molecule is CCC(C(=O)N(Cc1ccccc1)Cc1cc(NC(=O)c2ccco2)ccc1N(C)C)c1ccccc1. The number of benzene rings is 3. The van der Waals surface area contributed by atoms with Crippen LogP contribution in [0.15, 0.2) is 102 Å². The summed E-state index contributed by atoms with van der Waals surface area (Å²) in [6, 6.07) is 29.0. The first-order valence-electron chi connectivity index (χ1n) is 12.5. The largest absolute Gasteiger partial charge is 0.459 e. The molecule has 37 heavy (non-hydrogen) atoms. The zero-order chi connectivity index (χ0) is 26.2. The van der Waals surface area contributed by atoms with Crippen molar-refractivity contribution in [1.82, 2.24) is 4.90 Å². The van der Waals surface area contributed by atoms with Gasteiger partial charge in [-0.25, -0.2) is 0 Å². The van der Waals surface area contributed by atoms with Gasteiger partial charge in [-0.05, 0) is 53.4 Å². The molecule has 4 aromatic rings. The number of carbonyl (C=O) groups is 2. The van der Waals surface area contributed by atoms with Crippen molar-refractivity contribution in [2.75, 3.05) is 24.3 Å². The molecule has 0 fully saturated rings. The minimum absolute atomic E-state index is 0.0762. The molecule has 1 aromatic heterocycles. The highest BCUT2D eigenvalue weighted by Gasteiger charge is 2.26. The van der Waals surface area contributed by atoms with Crippen molar-refractivity contribution >= 4 is 23.2 Å². The van der Waals surface area contributed by atoms with Crippen molar-refractivity contribution in [3.05, 3.63) is 120 Å². The van der Waals surface area contributed by atoms with Crippen LogP contribution < -0.4 is 10.2 Å². The molecule has 0 radical (unpaired) electrons. The number of amides is 2. The summed E-state index contributed by atoms with van der Waals surface area (Å²) in [6.07, 6.45) is 2.17. The molecule has 1 atom stereocenters. The molecule has 190 valence electrons. The highest BCUT2D eigenvalue weighted by Crippen LogP contribution is 2.29.